The van der Waals surface area contributed by atoms with Gasteiger partial charge in [0.25, 0.3) is 0 Å². The molecule has 0 aliphatic carbocycles. The minimum absolute atomic E-state index is 0.245. The molecule has 0 radical (unpaired) electrons. The monoisotopic (exact) mass is 439 g/mol. The number of rotatable bonds is 10. The molecule has 1 fully saturated rings. The molecule has 1 unspecified atom stereocenters. The summed E-state index contributed by atoms with van der Waals surface area (Å²) < 4.78 is 12.7. The molecule has 1 aliphatic heterocycles. The summed E-state index contributed by atoms with van der Waals surface area (Å²) in [5, 5.41) is 20.7. The SMILES string of the molecule is CN=C(NCCCOC1CCOC1)NCCCc1nn(-c2ccc(C)cc2)c(N)c1C#N. The van der Waals surface area contributed by atoms with Gasteiger partial charge in [0.05, 0.1) is 24.1 Å². The predicted molar refractivity (Wildman–Crippen MR) is 125 cm³/mol. The lowest BCUT2D eigenvalue weighted by atomic mass is 10.1. The topological polar surface area (TPSA) is 123 Å². The summed E-state index contributed by atoms with van der Waals surface area (Å²) in [6.45, 7) is 5.73. The number of aliphatic imine (C=N–C) groups is 1. The normalized spacial score (nSPS) is 16.2. The van der Waals surface area contributed by atoms with Gasteiger partial charge in [-0.1, -0.05) is 17.7 Å². The van der Waals surface area contributed by atoms with Crippen molar-refractivity contribution >= 4 is 11.8 Å². The summed E-state index contributed by atoms with van der Waals surface area (Å²) in [7, 11) is 1.75. The van der Waals surface area contributed by atoms with Crippen LogP contribution in [0.1, 0.15) is 36.1 Å². The highest BCUT2D eigenvalue weighted by molar-refractivity contribution is 5.79. The van der Waals surface area contributed by atoms with Crippen LogP contribution in [0.15, 0.2) is 29.3 Å². The lowest BCUT2D eigenvalue weighted by Gasteiger charge is -2.13. The standard InChI is InChI=1S/C23H33N7O2/c1-17-6-8-18(9-7-17)30-22(25)20(15-24)21(29-30)5-3-11-27-23(26-2)28-12-4-13-32-19-10-14-31-16-19/h6-9,19H,3-5,10-14,16,25H2,1-2H3,(H2,26,27,28). The fraction of sp³-hybridized carbons (Fsp3) is 0.522. The van der Waals surface area contributed by atoms with E-state index in [0.29, 0.717) is 43.3 Å². The van der Waals surface area contributed by atoms with E-state index in [4.69, 9.17) is 15.2 Å². The van der Waals surface area contributed by atoms with Crippen LogP contribution >= 0.6 is 0 Å². The molecule has 0 amide bonds. The molecule has 9 nitrogen and oxygen atoms in total. The molecule has 1 aromatic carbocycles. The van der Waals surface area contributed by atoms with Crippen LogP contribution in [0.2, 0.25) is 0 Å². The number of aryl methyl sites for hydroxylation is 2. The highest BCUT2D eigenvalue weighted by atomic mass is 16.5. The van der Waals surface area contributed by atoms with Gasteiger partial charge in [-0.2, -0.15) is 10.4 Å². The maximum absolute atomic E-state index is 9.55. The van der Waals surface area contributed by atoms with Crippen molar-refractivity contribution in [2.24, 2.45) is 4.99 Å². The average Bonchev–Trinajstić information content (AvgIpc) is 3.43. The molecule has 1 aromatic heterocycles. The second-order valence-electron chi connectivity index (χ2n) is 7.81. The number of hydrogen-bond donors (Lipinski definition) is 3. The molecule has 0 bridgehead atoms. The highest BCUT2D eigenvalue weighted by Crippen LogP contribution is 2.21. The van der Waals surface area contributed by atoms with E-state index in [-0.39, 0.29) is 6.10 Å². The first kappa shape index (κ1) is 23.6. The molecule has 4 N–H and O–H groups in total. The van der Waals surface area contributed by atoms with Crippen LogP contribution in [-0.4, -0.2) is 61.8 Å². The molecule has 0 saturated carbocycles. The summed E-state index contributed by atoms with van der Waals surface area (Å²) in [4.78, 5) is 4.25. The Labute approximate surface area is 189 Å². The summed E-state index contributed by atoms with van der Waals surface area (Å²) in [6, 6.07) is 10.1. The Kier molecular flexibility index (Phi) is 8.90. The number of benzene rings is 1. The number of hydrogen-bond acceptors (Lipinski definition) is 6. The van der Waals surface area contributed by atoms with Crippen molar-refractivity contribution in [2.45, 2.75) is 38.7 Å². The Morgan fingerprint density at radius 3 is 2.72 bits per heavy atom. The van der Waals surface area contributed by atoms with E-state index in [2.05, 4.69) is 26.8 Å². The van der Waals surface area contributed by atoms with Crippen molar-refractivity contribution in [3.8, 4) is 11.8 Å². The van der Waals surface area contributed by atoms with Crippen molar-refractivity contribution in [1.82, 2.24) is 20.4 Å². The zero-order valence-corrected chi connectivity index (χ0v) is 18.9. The molecule has 32 heavy (non-hydrogen) atoms. The number of guanidine groups is 1. The van der Waals surface area contributed by atoms with Crippen molar-refractivity contribution < 1.29 is 9.47 Å². The van der Waals surface area contributed by atoms with Gasteiger partial charge in [0, 0.05) is 33.4 Å². The third-order valence-electron chi connectivity index (χ3n) is 5.35. The lowest BCUT2D eigenvalue weighted by molar-refractivity contribution is 0.0420. The van der Waals surface area contributed by atoms with Gasteiger partial charge in [0.15, 0.2) is 5.96 Å². The Bertz CT molecular complexity index is 925. The summed E-state index contributed by atoms with van der Waals surface area (Å²) in [5.74, 6) is 1.13. The van der Waals surface area contributed by atoms with Gasteiger partial charge in [-0.05, 0) is 44.7 Å². The fourth-order valence-corrected chi connectivity index (χ4v) is 3.51. The Balaban J connectivity index is 1.41. The number of nitrogens with two attached hydrogens (primary N) is 1. The summed E-state index contributed by atoms with van der Waals surface area (Å²) >= 11 is 0. The smallest absolute Gasteiger partial charge is 0.190 e. The van der Waals surface area contributed by atoms with E-state index in [1.807, 2.05) is 31.2 Å². The molecule has 172 valence electrons. The van der Waals surface area contributed by atoms with Crippen molar-refractivity contribution in [2.75, 3.05) is 45.7 Å². The minimum atomic E-state index is 0.245. The molecule has 1 atom stereocenters. The van der Waals surface area contributed by atoms with Crippen LogP contribution in [0, 0.1) is 18.3 Å². The third kappa shape index (κ3) is 6.45. The van der Waals surface area contributed by atoms with Gasteiger partial charge < -0.3 is 25.8 Å². The molecular formula is C23H33N7O2. The zero-order chi connectivity index (χ0) is 22.8. The highest BCUT2D eigenvalue weighted by Gasteiger charge is 2.17. The van der Waals surface area contributed by atoms with Gasteiger partial charge in [0.2, 0.25) is 0 Å². The largest absolute Gasteiger partial charge is 0.382 e. The van der Waals surface area contributed by atoms with E-state index in [1.54, 1.807) is 11.7 Å². The number of ether oxygens (including phenoxy) is 2. The van der Waals surface area contributed by atoms with Crippen molar-refractivity contribution in [3.05, 3.63) is 41.1 Å². The average molecular weight is 440 g/mol. The predicted octanol–water partition coefficient (Wildman–Crippen LogP) is 1.93. The first-order valence-electron chi connectivity index (χ1n) is 11.1. The van der Waals surface area contributed by atoms with Crippen LogP contribution < -0.4 is 16.4 Å². The molecule has 3 rings (SSSR count). The third-order valence-corrected chi connectivity index (χ3v) is 5.35. The Morgan fingerprint density at radius 1 is 1.31 bits per heavy atom. The van der Waals surface area contributed by atoms with E-state index >= 15 is 0 Å². The molecule has 2 aromatic rings. The first-order valence-corrected chi connectivity index (χ1v) is 11.1. The lowest BCUT2D eigenvalue weighted by Crippen LogP contribution is -2.38. The molecule has 1 saturated heterocycles. The number of nitrogen functional groups attached to an aromatic ring is 1. The van der Waals surface area contributed by atoms with Gasteiger partial charge in [-0.25, -0.2) is 4.68 Å². The molecular weight excluding hydrogens is 406 g/mol. The summed E-state index contributed by atoms with van der Waals surface area (Å²) in [5.41, 5.74) is 9.36. The minimum Gasteiger partial charge on any atom is -0.382 e. The second-order valence-corrected chi connectivity index (χ2v) is 7.81. The van der Waals surface area contributed by atoms with E-state index < -0.39 is 0 Å². The Morgan fingerprint density at radius 2 is 2.06 bits per heavy atom. The number of nitrogens with one attached hydrogen (secondary N) is 2. The van der Waals surface area contributed by atoms with Crippen LogP contribution in [0.4, 0.5) is 5.82 Å². The maximum atomic E-state index is 9.55. The number of nitriles is 1. The van der Waals surface area contributed by atoms with Crippen LogP contribution in [0.25, 0.3) is 5.69 Å². The second kappa shape index (κ2) is 12.1. The molecule has 1 aliphatic rings. The quantitative estimate of drug-likeness (QED) is 0.294. The number of aromatic nitrogens is 2. The Hall–Kier alpha value is -3.09. The first-order chi connectivity index (χ1) is 15.6. The summed E-state index contributed by atoms with van der Waals surface area (Å²) in [6.07, 6.45) is 3.57. The molecule has 9 heteroatoms. The van der Waals surface area contributed by atoms with Crippen molar-refractivity contribution in [1.29, 1.82) is 5.26 Å². The fourth-order valence-electron chi connectivity index (χ4n) is 3.51. The van der Waals surface area contributed by atoms with Gasteiger partial charge >= 0.3 is 0 Å². The van der Waals surface area contributed by atoms with Crippen molar-refractivity contribution in [3.63, 3.8) is 0 Å². The molecule has 0 spiro atoms. The number of anilines is 1. The zero-order valence-electron chi connectivity index (χ0n) is 18.9. The van der Waals surface area contributed by atoms with Gasteiger partial charge in [-0.15, -0.1) is 0 Å². The van der Waals surface area contributed by atoms with Gasteiger partial charge in [-0.3, -0.25) is 4.99 Å². The van der Waals surface area contributed by atoms with E-state index in [0.717, 1.165) is 49.6 Å². The van der Waals surface area contributed by atoms with Gasteiger partial charge in [0.1, 0.15) is 17.5 Å². The number of nitrogens with zero attached hydrogens (tertiary/aromatic N) is 4. The van der Waals surface area contributed by atoms with E-state index in [1.165, 1.54) is 0 Å². The molecule has 2 heterocycles. The van der Waals surface area contributed by atoms with Crippen LogP contribution in [0.5, 0.6) is 0 Å². The van der Waals surface area contributed by atoms with Crippen LogP contribution in [0.3, 0.4) is 0 Å². The maximum Gasteiger partial charge on any atom is 0.190 e. The van der Waals surface area contributed by atoms with Crippen LogP contribution in [-0.2, 0) is 15.9 Å². The van der Waals surface area contributed by atoms with E-state index in [9.17, 15) is 5.26 Å².